The predicted octanol–water partition coefficient (Wildman–Crippen LogP) is 3.96. The Balaban J connectivity index is 1.71. The number of ether oxygens (including phenoxy) is 2. The zero-order valence-corrected chi connectivity index (χ0v) is 12.0. The maximum Gasteiger partial charge on any atom is 0.185 e. The third-order valence-electron chi connectivity index (χ3n) is 3.25. The van der Waals surface area contributed by atoms with Crippen LogP contribution in [0.2, 0.25) is 0 Å². The lowest BCUT2D eigenvalue weighted by Crippen LogP contribution is -2.05. The lowest BCUT2D eigenvalue weighted by atomic mass is 10.1. The van der Waals surface area contributed by atoms with Crippen LogP contribution in [0.25, 0.3) is 0 Å². The van der Waals surface area contributed by atoms with Crippen LogP contribution in [0.3, 0.4) is 0 Å². The van der Waals surface area contributed by atoms with Crippen molar-refractivity contribution >= 4 is 5.90 Å². The molecule has 0 aromatic carbocycles. The Labute approximate surface area is 112 Å². The summed E-state index contributed by atoms with van der Waals surface area (Å²) in [5.74, 6) is 0.880. The minimum absolute atomic E-state index is 0.757. The highest BCUT2D eigenvalue weighted by atomic mass is 16.5. The first kappa shape index (κ1) is 15.5. The molecule has 0 spiro atoms. The van der Waals surface area contributed by atoms with Crippen molar-refractivity contribution in [3.63, 3.8) is 0 Å². The summed E-state index contributed by atoms with van der Waals surface area (Å²) in [6.45, 7) is 5.50. The zero-order valence-electron chi connectivity index (χ0n) is 12.0. The molecule has 1 aliphatic rings. The zero-order chi connectivity index (χ0) is 12.9. The maximum absolute atomic E-state index is 5.58. The molecule has 3 heteroatoms. The van der Waals surface area contributed by atoms with Crippen LogP contribution in [0.15, 0.2) is 4.99 Å². The standard InChI is InChI=1S/C15H29NO2/c1-2-3-4-5-6-7-8-9-12-17-13-10-15-16-11-14-18-15/h2-14H2,1H3. The van der Waals surface area contributed by atoms with Gasteiger partial charge in [0.2, 0.25) is 0 Å². The van der Waals surface area contributed by atoms with E-state index in [0.717, 1.165) is 38.7 Å². The van der Waals surface area contributed by atoms with Crippen LogP contribution in [0.1, 0.15) is 64.7 Å². The van der Waals surface area contributed by atoms with Gasteiger partial charge in [-0.15, -0.1) is 0 Å². The van der Waals surface area contributed by atoms with Crippen molar-refractivity contribution in [3.8, 4) is 0 Å². The second kappa shape index (κ2) is 11.5. The Bertz CT molecular complexity index is 217. The van der Waals surface area contributed by atoms with Crippen LogP contribution in [0, 0.1) is 0 Å². The van der Waals surface area contributed by atoms with E-state index >= 15 is 0 Å². The van der Waals surface area contributed by atoms with Crippen LogP contribution in [0.5, 0.6) is 0 Å². The normalized spacial score (nSPS) is 14.6. The van der Waals surface area contributed by atoms with Crippen molar-refractivity contribution in [2.45, 2.75) is 64.7 Å². The summed E-state index contributed by atoms with van der Waals surface area (Å²) in [5, 5.41) is 0. The van der Waals surface area contributed by atoms with E-state index in [2.05, 4.69) is 11.9 Å². The lowest BCUT2D eigenvalue weighted by Gasteiger charge is -2.04. The van der Waals surface area contributed by atoms with Crippen LogP contribution < -0.4 is 0 Å². The van der Waals surface area contributed by atoms with Gasteiger partial charge in [-0.05, 0) is 6.42 Å². The van der Waals surface area contributed by atoms with Crippen molar-refractivity contribution < 1.29 is 9.47 Å². The van der Waals surface area contributed by atoms with Gasteiger partial charge in [0.1, 0.15) is 6.61 Å². The molecule has 0 amide bonds. The molecule has 1 heterocycles. The average molecular weight is 255 g/mol. The van der Waals surface area contributed by atoms with Crippen molar-refractivity contribution in [2.75, 3.05) is 26.4 Å². The van der Waals surface area contributed by atoms with E-state index in [9.17, 15) is 0 Å². The monoisotopic (exact) mass is 255 g/mol. The summed E-state index contributed by atoms with van der Waals surface area (Å²) in [6, 6.07) is 0. The summed E-state index contributed by atoms with van der Waals surface area (Å²) >= 11 is 0. The molecule has 0 bridgehead atoms. The number of aliphatic imine (C=N–C) groups is 1. The molecule has 0 aliphatic carbocycles. The molecular weight excluding hydrogens is 226 g/mol. The summed E-state index contributed by atoms with van der Waals surface area (Å²) in [4.78, 5) is 4.23. The van der Waals surface area contributed by atoms with Gasteiger partial charge in [-0.2, -0.15) is 0 Å². The van der Waals surface area contributed by atoms with Gasteiger partial charge in [-0.25, -0.2) is 0 Å². The molecule has 0 saturated carbocycles. The maximum atomic E-state index is 5.58. The third-order valence-corrected chi connectivity index (χ3v) is 3.25. The smallest absolute Gasteiger partial charge is 0.185 e. The van der Waals surface area contributed by atoms with E-state index in [4.69, 9.17) is 9.47 Å². The first-order valence-corrected chi connectivity index (χ1v) is 7.67. The number of hydrogen-bond donors (Lipinski definition) is 0. The Kier molecular flexibility index (Phi) is 9.91. The third kappa shape index (κ3) is 8.51. The molecule has 0 N–H and O–H groups in total. The highest BCUT2D eigenvalue weighted by Crippen LogP contribution is 2.08. The Morgan fingerprint density at radius 3 is 2.39 bits per heavy atom. The molecule has 0 atom stereocenters. The minimum Gasteiger partial charge on any atom is -0.479 e. The SMILES string of the molecule is CCCCCCCCCCOCCC1=NCCO1. The number of rotatable bonds is 12. The van der Waals surface area contributed by atoms with Crippen molar-refractivity contribution in [1.82, 2.24) is 0 Å². The molecule has 3 nitrogen and oxygen atoms in total. The van der Waals surface area contributed by atoms with Gasteiger partial charge in [0.05, 0.1) is 13.2 Å². The largest absolute Gasteiger partial charge is 0.479 e. The van der Waals surface area contributed by atoms with Crippen molar-refractivity contribution in [3.05, 3.63) is 0 Å². The minimum atomic E-state index is 0.757. The van der Waals surface area contributed by atoms with Gasteiger partial charge in [0, 0.05) is 13.0 Å². The van der Waals surface area contributed by atoms with Crippen LogP contribution in [0.4, 0.5) is 0 Å². The Morgan fingerprint density at radius 1 is 1.00 bits per heavy atom. The van der Waals surface area contributed by atoms with Crippen molar-refractivity contribution in [2.24, 2.45) is 4.99 Å². The highest BCUT2D eigenvalue weighted by molar-refractivity contribution is 5.77. The fourth-order valence-electron chi connectivity index (χ4n) is 2.13. The fraction of sp³-hybridized carbons (Fsp3) is 0.933. The van der Waals surface area contributed by atoms with Gasteiger partial charge >= 0.3 is 0 Å². The molecule has 18 heavy (non-hydrogen) atoms. The first-order valence-electron chi connectivity index (χ1n) is 7.67. The number of nitrogens with zero attached hydrogens (tertiary/aromatic N) is 1. The van der Waals surface area contributed by atoms with Crippen LogP contribution in [-0.2, 0) is 9.47 Å². The topological polar surface area (TPSA) is 30.8 Å². The number of hydrogen-bond acceptors (Lipinski definition) is 3. The molecule has 106 valence electrons. The molecule has 0 fully saturated rings. The van der Waals surface area contributed by atoms with E-state index < -0.39 is 0 Å². The van der Waals surface area contributed by atoms with E-state index in [1.54, 1.807) is 0 Å². The molecule has 0 aromatic heterocycles. The molecule has 1 aliphatic heterocycles. The quantitative estimate of drug-likeness (QED) is 0.494. The molecule has 1 rings (SSSR count). The Morgan fingerprint density at radius 2 is 1.72 bits per heavy atom. The second-order valence-corrected chi connectivity index (χ2v) is 4.96. The lowest BCUT2D eigenvalue weighted by molar-refractivity contribution is 0.133. The summed E-state index contributed by atoms with van der Waals surface area (Å²) < 4.78 is 10.9. The molecule has 0 saturated heterocycles. The average Bonchev–Trinajstić information content (AvgIpc) is 2.89. The van der Waals surface area contributed by atoms with Gasteiger partial charge in [-0.1, -0.05) is 51.9 Å². The first-order chi connectivity index (χ1) is 8.93. The van der Waals surface area contributed by atoms with Gasteiger partial charge < -0.3 is 9.47 Å². The van der Waals surface area contributed by atoms with Crippen LogP contribution in [-0.4, -0.2) is 32.3 Å². The van der Waals surface area contributed by atoms with Gasteiger partial charge in [0.15, 0.2) is 5.90 Å². The van der Waals surface area contributed by atoms with E-state index in [-0.39, 0.29) is 0 Å². The van der Waals surface area contributed by atoms with E-state index in [0.29, 0.717) is 0 Å². The van der Waals surface area contributed by atoms with Gasteiger partial charge in [0.25, 0.3) is 0 Å². The Hall–Kier alpha value is -0.570. The van der Waals surface area contributed by atoms with E-state index in [1.165, 1.54) is 51.4 Å². The van der Waals surface area contributed by atoms with Gasteiger partial charge in [-0.3, -0.25) is 4.99 Å². The number of unbranched alkanes of at least 4 members (excludes halogenated alkanes) is 7. The molecule has 0 aromatic rings. The van der Waals surface area contributed by atoms with Crippen LogP contribution >= 0.6 is 0 Å². The molecular formula is C15H29NO2. The fourth-order valence-corrected chi connectivity index (χ4v) is 2.13. The summed E-state index contributed by atoms with van der Waals surface area (Å²) in [5.41, 5.74) is 0. The highest BCUT2D eigenvalue weighted by Gasteiger charge is 2.05. The molecule has 0 radical (unpaired) electrons. The second-order valence-electron chi connectivity index (χ2n) is 4.96. The predicted molar refractivity (Wildman–Crippen MR) is 76.3 cm³/mol. The van der Waals surface area contributed by atoms with E-state index in [1.807, 2.05) is 0 Å². The molecule has 0 unspecified atom stereocenters. The van der Waals surface area contributed by atoms with Crippen molar-refractivity contribution in [1.29, 1.82) is 0 Å². The summed E-state index contributed by atoms with van der Waals surface area (Å²) in [7, 11) is 0. The summed E-state index contributed by atoms with van der Waals surface area (Å²) in [6.07, 6.45) is 11.7.